The molecule has 0 heterocycles. The number of amides is 1. The lowest BCUT2D eigenvalue weighted by atomic mass is 10.2. The van der Waals surface area contributed by atoms with Crippen LogP contribution in [0.15, 0.2) is 12.1 Å². The molecule has 0 radical (unpaired) electrons. The zero-order chi connectivity index (χ0) is 11.4. The van der Waals surface area contributed by atoms with Gasteiger partial charge in [0.25, 0.3) is 5.91 Å². The Hall–Kier alpha value is -1.56. The van der Waals surface area contributed by atoms with Gasteiger partial charge in [0.05, 0.1) is 12.2 Å². The number of rotatable bonds is 3. The third-order valence-corrected chi connectivity index (χ3v) is 1.59. The van der Waals surface area contributed by atoms with Crippen LogP contribution in [0.4, 0.5) is 13.2 Å². The van der Waals surface area contributed by atoms with Crippen molar-refractivity contribution in [2.45, 2.75) is 6.92 Å². The molecule has 0 bridgehead atoms. The first-order chi connectivity index (χ1) is 7.07. The molecule has 15 heavy (non-hydrogen) atoms. The molecule has 0 aliphatic carbocycles. The molecule has 0 fully saturated rings. The van der Waals surface area contributed by atoms with E-state index in [0.717, 1.165) is 6.07 Å². The number of benzene rings is 1. The van der Waals surface area contributed by atoms with Crippen molar-refractivity contribution in [3.63, 3.8) is 0 Å². The maximum Gasteiger partial charge on any atom is 0.277 e. The first kappa shape index (κ1) is 11.5. The fourth-order valence-electron chi connectivity index (χ4n) is 0.894. The highest BCUT2D eigenvalue weighted by atomic mass is 19.2. The average Bonchev–Trinajstić information content (AvgIpc) is 2.23. The van der Waals surface area contributed by atoms with Crippen molar-refractivity contribution < 1.29 is 22.8 Å². The van der Waals surface area contributed by atoms with Crippen molar-refractivity contribution in [1.29, 1.82) is 0 Å². The highest BCUT2D eigenvalue weighted by molar-refractivity contribution is 5.93. The lowest BCUT2D eigenvalue weighted by molar-refractivity contribution is 0.0360. The Balaban J connectivity index is 2.95. The molecule has 0 atom stereocenters. The lowest BCUT2D eigenvalue weighted by Gasteiger charge is -2.05. The Morgan fingerprint density at radius 1 is 1.33 bits per heavy atom. The van der Waals surface area contributed by atoms with Crippen LogP contribution in [0.3, 0.4) is 0 Å². The number of nitrogens with one attached hydrogen (secondary N) is 1. The van der Waals surface area contributed by atoms with Gasteiger partial charge >= 0.3 is 0 Å². The SMILES string of the molecule is CCONC(=O)c1ccc(F)c(F)c1F. The average molecular weight is 219 g/mol. The van der Waals surface area contributed by atoms with Crippen molar-refractivity contribution in [2.24, 2.45) is 0 Å². The van der Waals surface area contributed by atoms with Gasteiger partial charge in [0.15, 0.2) is 17.5 Å². The standard InChI is InChI=1S/C9H8F3NO2/c1-2-15-13-9(14)5-3-4-6(10)8(12)7(5)11/h3-4H,2H2,1H3,(H,13,14). The molecule has 1 amide bonds. The molecule has 1 aromatic rings. The fraction of sp³-hybridized carbons (Fsp3) is 0.222. The number of hydroxylamine groups is 1. The molecule has 0 aromatic heterocycles. The van der Waals surface area contributed by atoms with Crippen molar-refractivity contribution in [3.8, 4) is 0 Å². The van der Waals surface area contributed by atoms with Gasteiger partial charge in [0, 0.05) is 0 Å². The molecule has 0 spiro atoms. The van der Waals surface area contributed by atoms with Crippen LogP contribution in [-0.4, -0.2) is 12.5 Å². The van der Waals surface area contributed by atoms with Gasteiger partial charge < -0.3 is 0 Å². The van der Waals surface area contributed by atoms with Crippen molar-refractivity contribution in [1.82, 2.24) is 5.48 Å². The summed E-state index contributed by atoms with van der Waals surface area (Å²) in [5.41, 5.74) is 1.26. The Kier molecular flexibility index (Phi) is 3.68. The van der Waals surface area contributed by atoms with Gasteiger partial charge in [-0.1, -0.05) is 0 Å². The molecule has 1 aromatic carbocycles. The summed E-state index contributed by atoms with van der Waals surface area (Å²) in [4.78, 5) is 15.6. The van der Waals surface area contributed by atoms with Gasteiger partial charge in [-0.05, 0) is 19.1 Å². The monoisotopic (exact) mass is 219 g/mol. The highest BCUT2D eigenvalue weighted by Crippen LogP contribution is 2.14. The lowest BCUT2D eigenvalue weighted by Crippen LogP contribution is -2.25. The van der Waals surface area contributed by atoms with Crippen LogP contribution in [0.5, 0.6) is 0 Å². The number of hydrogen-bond acceptors (Lipinski definition) is 2. The molecular formula is C9H8F3NO2. The number of hydrogen-bond donors (Lipinski definition) is 1. The van der Waals surface area contributed by atoms with Gasteiger partial charge in [-0.3, -0.25) is 9.63 Å². The smallest absolute Gasteiger partial charge is 0.274 e. The minimum atomic E-state index is -1.68. The van der Waals surface area contributed by atoms with Crippen molar-refractivity contribution in [3.05, 3.63) is 35.1 Å². The van der Waals surface area contributed by atoms with E-state index in [1.165, 1.54) is 0 Å². The molecular weight excluding hydrogens is 211 g/mol. The maximum absolute atomic E-state index is 13.0. The summed E-state index contributed by atoms with van der Waals surface area (Å²) in [5.74, 6) is -5.53. The van der Waals surface area contributed by atoms with Crippen molar-refractivity contribution in [2.75, 3.05) is 6.61 Å². The molecule has 6 heteroatoms. The number of carbonyl (C=O) groups excluding carboxylic acids is 1. The Morgan fingerprint density at radius 3 is 2.60 bits per heavy atom. The molecule has 0 unspecified atom stereocenters. The van der Waals surface area contributed by atoms with Gasteiger partial charge in [0.1, 0.15) is 0 Å². The van der Waals surface area contributed by atoms with Crippen LogP contribution in [0.1, 0.15) is 17.3 Å². The Bertz CT molecular complexity index is 382. The predicted molar refractivity (Wildman–Crippen MR) is 45.4 cm³/mol. The minimum absolute atomic E-state index is 0.178. The highest BCUT2D eigenvalue weighted by Gasteiger charge is 2.18. The summed E-state index contributed by atoms with van der Waals surface area (Å²) in [7, 11) is 0. The molecule has 0 aliphatic heterocycles. The third-order valence-electron chi connectivity index (χ3n) is 1.59. The van der Waals surface area contributed by atoms with Crippen LogP contribution in [-0.2, 0) is 4.84 Å². The second-order valence-corrected chi connectivity index (χ2v) is 2.59. The van der Waals surface area contributed by atoms with Crippen LogP contribution in [0.25, 0.3) is 0 Å². The Labute approximate surface area is 83.8 Å². The summed E-state index contributed by atoms with van der Waals surface area (Å²) in [6.45, 7) is 1.78. The molecule has 0 aliphatic rings. The van der Waals surface area contributed by atoms with E-state index in [9.17, 15) is 18.0 Å². The molecule has 0 saturated heterocycles. The molecule has 1 rings (SSSR count). The quantitative estimate of drug-likeness (QED) is 0.621. The largest absolute Gasteiger partial charge is 0.277 e. The summed E-state index contributed by atoms with van der Waals surface area (Å²) in [6, 6.07) is 1.50. The van der Waals surface area contributed by atoms with E-state index < -0.39 is 28.9 Å². The summed E-state index contributed by atoms with van der Waals surface area (Å²) in [6.07, 6.45) is 0. The van der Waals surface area contributed by atoms with Crippen LogP contribution in [0, 0.1) is 17.5 Å². The molecule has 82 valence electrons. The van der Waals surface area contributed by atoms with Crippen LogP contribution in [0.2, 0.25) is 0 Å². The van der Waals surface area contributed by atoms with Gasteiger partial charge in [-0.2, -0.15) is 0 Å². The zero-order valence-electron chi connectivity index (χ0n) is 7.81. The van der Waals surface area contributed by atoms with E-state index >= 15 is 0 Å². The van der Waals surface area contributed by atoms with E-state index in [1.54, 1.807) is 6.92 Å². The first-order valence-electron chi connectivity index (χ1n) is 4.13. The first-order valence-corrected chi connectivity index (χ1v) is 4.13. The van der Waals surface area contributed by atoms with Crippen LogP contribution >= 0.6 is 0 Å². The minimum Gasteiger partial charge on any atom is -0.274 e. The Morgan fingerprint density at radius 2 is 2.00 bits per heavy atom. The third kappa shape index (κ3) is 2.47. The number of carbonyl (C=O) groups is 1. The van der Waals surface area contributed by atoms with E-state index in [0.29, 0.717) is 6.07 Å². The second-order valence-electron chi connectivity index (χ2n) is 2.59. The second kappa shape index (κ2) is 4.79. The van der Waals surface area contributed by atoms with E-state index in [1.807, 2.05) is 5.48 Å². The predicted octanol–water partition coefficient (Wildman–Crippen LogP) is 1.79. The molecule has 0 saturated carbocycles. The van der Waals surface area contributed by atoms with E-state index in [2.05, 4.69) is 4.84 Å². The fourth-order valence-corrected chi connectivity index (χ4v) is 0.894. The normalized spacial score (nSPS) is 10.1. The summed E-state index contributed by atoms with van der Waals surface area (Å²) < 4.78 is 38.2. The van der Waals surface area contributed by atoms with Gasteiger partial charge in [-0.15, -0.1) is 0 Å². The van der Waals surface area contributed by atoms with E-state index in [-0.39, 0.29) is 6.61 Å². The number of halogens is 3. The topological polar surface area (TPSA) is 38.3 Å². The zero-order valence-corrected chi connectivity index (χ0v) is 7.81. The summed E-state index contributed by atoms with van der Waals surface area (Å²) >= 11 is 0. The van der Waals surface area contributed by atoms with Gasteiger partial charge in [-0.25, -0.2) is 18.7 Å². The molecule has 1 N–H and O–H groups in total. The van der Waals surface area contributed by atoms with Gasteiger partial charge in [0.2, 0.25) is 0 Å². The molecule has 3 nitrogen and oxygen atoms in total. The van der Waals surface area contributed by atoms with Crippen molar-refractivity contribution >= 4 is 5.91 Å². The van der Waals surface area contributed by atoms with E-state index in [4.69, 9.17) is 0 Å². The van der Waals surface area contributed by atoms with Crippen LogP contribution < -0.4 is 5.48 Å². The maximum atomic E-state index is 13.0. The summed E-state index contributed by atoms with van der Waals surface area (Å²) in [5, 5.41) is 0.